The molecule has 88 valence electrons. The summed E-state index contributed by atoms with van der Waals surface area (Å²) in [4.78, 5) is 2.66. The molecule has 2 aliphatic rings. The van der Waals surface area contributed by atoms with Crippen LogP contribution in [0, 0.1) is 5.92 Å². The van der Waals surface area contributed by atoms with Gasteiger partial charge in [0.2, 0.25) is 0 Å². The fourth-order valence-corrected chi connectivity index (χ4v) is 3.41. The predicted octanol–water partition coefficient (Wildman–Crippen LogP) is 2.41. The van der Waals surface area contributed by atoms with Crippen LogP contribution in [0.4, 0.5) is 0 Å². The van der Waals surface area contributed by atoms with E-state index in [0.717, 1.165) is 24.8 Å². The summed E-state index contributed by atoms with van der Waals surface area (Å²) in [5, 5.41) is 9.72. The highest BCUT2D eigenvalue weighted by Gasteiger charge is 2.31. The second-order valence-electron chi connectivity index (χ2n) is 5.69. The highest BCUT2D eigenvalue weighted by atomic mass is 16.3. The molecule has 2 nitrogen and oxygen atoms in total. The van der Waals surface area contributed by atoms with E-state index in [-0.39, 0.29) is 6.10 Å². The first kappa shape index (κ1) is 11.4. The maximum Gasteiger partial charge on any atom is 0.0555 e. The predicted molar refractivity (Wildman–Crippen MR) is 62.8 cm³/mol. The molecule has 0 aromatic heterocycles. The third kappa shape index (κ3) is 2.73. The van der Waals surface area contributed by atoms with Crippen LogP contribution in [0.2, 0.25) is 0 Å². The minimum atomic E-state index is -0.0321. The summed E-state index contributed by atoms with van der Waals surface area (Å²) in [6.45, 7) is 5.97. The molecule has 0 amide bonds. The second kappa shape index (κ2) is 4.84. The highest BCUT2D eigenvalue weighted by molar-refractivity contribution is 4.86. The van der Waals surface area contributed by atoms with Crippen molar-refractivity contribution in [3.05, 3.63) is 0 Å². The fraction of sp³-hybridized carbons (Fsp3) is 1.00. The molecule has 2 rings (SSSR count). The Morgan fingerprint density at radius 2 is 1.87 bits per heavy atom. The third-order valence-electron chi connectivity index (χ3n) is 4.28. The third-order valence-corrected chi connectivity index (χ3v) is 4.28. The zero-order valence-electron chi connectivity index (χ0n) is 10.2. The standard InChI is InChI=1S/C13H25NO/c1-10-6-7-14(11(2)8-10)12-4-3-5-13(15)9-12/h10-13,15H,3-9H2,1-2H3. The van der Waals surface area contributed by atoms with Crippen molar-refractivity contribution in [3.63, 3.8) is 0 Å². The lowest BCUT2D eigenvalue weighted by atomic mass is 9.86. The van der Waals surface area contributed by atoms with E-state index in [0.29, 0.717) is 6.04 Å². The van der Waals surface area contributed by atoms with Crippen molar-refractivity contribution in [2.24, 2.45) is 5.92 Å². The van der Waals surface area contributed by atoms with E-state index in [1.165, 1.54) is 32.2 Å². The fourth-order valence-electron chi connectivity index (χ4n) is 3.41. The summed E-state index contributed by atoms with van der Waals surface area (Å²) >= 11 is 0. The molecule has 0 aromatic carbocycles. The SMILES string of the molecule is CC1CCN(C2CCCC(O)C2)C(C)C1. The minimum absolute atomic E-state index is 0.0321. The van der Waals surface area contributed by atoms with Crippen molar-refractivity contribution in [1.82, 2.24) is 4.90 Å². The number of likely N-dealkylation sites (tertiary alicyclic amines) is 1. The Morgan fingerprint density at radius 3 is 2.53 bits per heavy atom. The summed E-state index contributed by atoms with van der Waals surface area (Å²) in [6, 6.07) is 1.39. The van der Waals surface area contributed by atoms with E-state index in [1.54, 1.807) is 0 Å². The number of piperidine rings is 1. The van der Waals surface area contributed by atoms with E-state index in [9.17, 15) is 5.11 Å². The lowest BCUT2D eigenvalue weighted by Crippen LogP contribution is -2.48. The van der Waals surface area contributed by atoms with Crippen molar-refractivity contribution >= 4 is 0 Å². The van der Waals surface area contributed by atoms with Crippen LogP contribution >= 0.6 is 0 Å². The van der Waals surface area contributed by atoms with Gasteiger partial charge >= 0.3 is 0 Å². The van der Waals surface area contributed by atoms with E-state index in [4.69, 9.17) is 0 Å². The number of aliphatic hydroxyl groups excluding tert-OH is 1. The van der Waals surface area contributed by atoms with Crippen LogP contribution in [0.3, 0.4) is 0 Å². The van der Waals surface area contributed by atoms with Gasteiger partial charge in [0.05, 0.1) is 6.10 Å². The Kier molecular flexibility index (Phi) is 3.68. The summed E-state index contributed by atoms with van der Waals surface area (Å²) in [7, 11) is 0. The maximum absolute atomic E-state index is 9.72. The summed E-state index contributed by atoms with van der Waals surface area (Å²) in [6.07, 6.45) is 7.20. The van der Waals surface area contributed by atoms with Gasteiger partial charge in [0.1, 0.15) is 0 Å². The van der Waals surface area contributed by atoms with Crippen LogP contribution in [-0.2, 0) is 0 Å². The quantitative estimate of drug-likeness (QED) is 0.720. The van der Waals surface area contributed by atoms with Crippen LogP contribution in [0.25, 0.3) is 0 Å². The molecule has 1 aliphatic carbocycles. The number of nitrogens with zero attached hydrogens (tertiary/aromatic N) is 1. The molecule has 1 aliphatic heterocycles. The van der Waals surface area contributed by atoms with Crippen molar-refractivity contribution in [2.75, 3.05) is 6.54 Å². The van der Waals surface area contributed by atoms with Crippen LogP contribution in [0.1, 0.15) is 52.4 Å². The summed E-state index contributed by atoms with van der Waals surface area (Å²) in [5.74, 6) is 0.893. The minimum Gasteiger partial charge on any atom is -0.393 e. The molecule has 4 unspecified atom stereocenters. The van der Waals surface area contributed by atoms with Crippen molar-refractivity contribution in [1.29, 1.82) is 0 Å². The average molecular weight is 211 g/mol. The van der Waals surface area contributed by atoms with Crippen molar-refractivity contribution < 1.29 is 5.11 Å². The monoisotopic (exact) mass is 211 g/mol. The van der Waals surface area contributed by atoms with E-state index >= 15 is 0 Å². The molecule has 1 saturated heterocycles. The van der Waals surface area contributed by atoms with Crippen molar-refractivity contribution in [2.45, 2.75) is 70.6 Å². The molecule has 1 saturated carbocycles. The number of rotatable bonds is 1. The lowest BCUT2D eigenvalue weighted by molar-refractivity contribution is 0.0199. The van der Waals surface area contributed by atoms with Gasteiger partial charge in [-0.25, -0.2) is 0 Å². The molecular formula is C13H25NO. The number of hydrogen-bond acceptors (Lipinski definition) is 2. The van der Waals surface area contributed by atoms with Gasteiger partial charge < -0.3 is 5.11 Å². The first-order chi connectivity index (χ1) is 7.16. The average Bonchev–Trinajstić information content (AvgIpc) is 2.17. The molecule has 2 fully saturated rings. The van der Waals surface area contributed by atoms with Gasteiger partial charge in [0, 0.05) is 12.1 Å². The molecule has 1 heterocycles. The van der Waals surface area contributed by atoms with E-state index in [2.05, 4.69) is 18.7 Å². The van der Waals surface area contributed by atoms with E-state index in [1.807, 2.05) is 0 Å². The molecule has 1 N–H and O–H groups in total. The molecule has 0 spiro atoms. The van der Waals surface area contributed by atoms with Crippen LogP contribution in [0.5, 0.6) is 0 Å². The molecule has 15 heavy (non-hydrogen) atoms. The molecule has 4 atom stereocenters. The first-order valence-corrected chi connectivity index (χ1v) is 6.60. The Bertz CT molecular complexity index is 207. The Hall–Kier alpha value is -0.0800. The maximum atomic E-state index is 9.72. The normalized spacial score (nSPS) is 44.2. The Morgan fingerprint density at radius 1 is 1.07 bits per heavy atom. The zero-order valence-corrected chi connectivity index (χ0v) is 10.2. The topological polar surface area (TPSA) is 23.5 Å². The Balaban J connectivity index is 1.91. The van der Waals surface area contributed by atoms with Crippen LogP contribution in [0.15, 0.2) is 0 Å². The highest BCUT2D eigenvalue weighted by Crippen LogP contribution is 2.30. The molecule has 0 bridgehead atoms. The molecule has 0 radical (unpaired) electrons. The van der Waals surface area contributed by atoms with E-state index < -0.39 is 0 Å². The number of aliphatic hydroxyl groups is 1. The summed E-state index contributed by atoms with van der Waals surface area (Å²) in [5.41, 5.74) is 0. The first-order valence-electron chi connectivity index (χ1n) is 6.60. The van der Waals surface area contributed by atoms with Gasteiger partial charge in [-0.05, 0) is 57.9 Å². The van der Waals surface area contributed by atoms with Crippen LogP contribution < -0.4 is 0 Å². The van der Waals surface area contributed by atoms with Gasteiger partial charge in [-0.2, -0.15) is 0 Å². The zero-order chi connectivity index (χ0) is 10.8. The number of hydrogen-bond donors (Lipinski definition) is 1. The molecule has 2 heteroatoms. The molecular weight excluding hydrogens is 186 g/mol. The van der Waals surface area contributed by atoms with Gasteiger partial charge in [-0.1, -0.05) is 6.92 Å². The van der Waals surface area contributed by atoms with Gasteiger partial charge in [0.25, 0.3) is 0 Å². The largest absolute Gasteiger partial charge is 0.393 e. The van der Waals surface area contributed by atoms with Gasteiger partial charge in [-0.3, -0.25) is 4.90 Å². The van der Waals surface area contributed by atoms with Crippen LogP contribution in [-0.4, -0.2) is 34.7 Å². The van der Waals surface area contributed by atoms with Crippen molar-refractivity contribution in [3.8, 4) is 0 Å². The molecule has 0 aromatic rings. The van der Waals surface area contributed by atoms with Gasteiger partial charge in [0.15, 0.2) is 0 Å². The van der Waals surface area contributed by atoms with Gasteiger partial charge in [-0.15, -0.1) is 0 Å². The summed E-state index contributed by atoms with van der Waals surface area (Å²) < 4.78 is 0. The lowest BCUT2D eigenvalue weighted by Gasteiger charge is -2.44. The second-order valence-corrected chi connectivity index (χ2v) is 5.69. The Labute approximate surface area is 93.7 Å². The smallest absolute Gasteiger partial charge is 0.0555 e.